The van der Waals surface area contributed by atoms with Crippen molar-refractivity contribution in [3.8, 4) is 17.2 Å². The lowest BCUT2D eigenvalue weighted by molar-refractivity contribution is -0.119. The molecular formula is C25H28N2O6S. The van der Waals surface area contributed by atoms with Crippen LogP contribution < -0.4 is 23.8 Å². The summed E-state index contributed by atoms with van der Waals surface area (Å²) in [6.45, 7) is 1.98. The molecule has 1 amide bonds. The summed E-state index contributed by atoms with van der Waals surface area (Å²) >= 11 is 0. The topological polar surface area (TPSA) is 94.2 Å². The molecule has 34 heavy (non-hydrogen) atoms. The van der Waals surface area contributed by atoms with E-state index in [0.717, 1.165) is 15.6 Å². The minimum atomic E-state index is -4.03. The molecule has 0 aliphatic rings. The van der Waals surface area contributed by atoms with Gasteiger partial charge >= 0.3 is 0 Å². The average Bonchev–Trinajstić information content (AvgIpc) is 2.86. The van der Waals surface area contributed by atoms with Crippen LogP contribution in [0.1, 0.15) is 5.56 Å². The molecule has 8 nitrogen and oxygen atoms in total. The van der Waals surface area contributed by atoms with Gasteiger partial charge in [-0.05, 0) is 42.8 Å². The van der Waals surface area contributed by atoms with Gasteiger partial charge in [-0.3, -0.25) is 9.10 Å². The Hall–Kier alpha value is -3.72. The van der Waals surface area contributed by atoms with E-state index < -0.39 is 22.5 Å². The normalized spacial score (nSPS) is 10.9. The van der Waals surface area contributed by atoms with E-state index in [2.05, 4.69) is 5.32 Å². The highest BCUT2D eigenvalue weighted by Crippen LogP contribution is 2.33. The van der Waals surface area contributed by atoms with Crippen molar-refractivity contribution < 1.29 is 27.4 Å². The predicted molar refractivity (Wildman–Crippen MR) is 130 cm³/mol. The largest absolute Gasteiger partial charge is 0.493 e. The van der Waals surface area contributed by atoms with Crippen LogP contribution in [-0.4, -0.2) is 48.2 Å². The number of carbonyl (C=O) groups excluding carboxylic acids is 1. The summed E-state index contributed by atoms with van der Waals surface area (Å²) in [6, 6.07) is 20.2. The van der Waals surface area contributed by atoms with Crippen LogP contribution in [0.3, 0.4) is 0 Å². The van der Waals surface area contributed by atoms with Crippen molar-refractivity contribution in [3.63, 3.8) is 0 Å². The van der Waals surface area contributed by atoms with Gasteiger partial charge in [-0.25, -0.2) is 8.42 Å². The van der Waals surface area contributed by atoms with Crippen LogP contribution in [0.25, 0.3) is 0 Å². The predicted octanol–water partition coefficient (Wildman–Crippen LogP) is 3.40. The maximum absolute atomic E-state index is 13.4. The van der Waals surface area contributed by atoms with E-state index in [1.54, 1.807) is 30.3 Å². The molecule has 3 aromatic carbocycles. The molecule has 0 aliphatic heterocycles. The third-order valence-electron chi connectivity index (χ3n) is 5.05. The van der Waals surface area contributed by atoms with Crippen molar-refractivity contribution in [3.05, 3.63) is 78.4 Å². The quantitative estimate of drug-likeness (QED) is 0.419. The van der Waals surface area contributed by atoms with Gasteiger partial charge in [0.05, 0.1) is 31.3 Å². The molecule has 0 aliphatic carbocycles. The summed E-state index contributed by atoms with van der Waals surface area (Å²) in [5, 5.41) is 2.72. The number of ether oxygens (including phenoxy) is 3. The number of benzene rings is 3. The molecule has 0 radical (unpaired) electrons. The zero-order chi connectivity index (χ0) is 24.6. The van der Waals surface area contributed by atoms with Gasteiger partial charge in [0, 0.05) is 6.07 Å². The molecule has 0 fully saturated rings. The lowest BCUT2D eigenvalue weighted by atomic mass is 10.2. The lowest BCUT2D eigenvalue weighted by Gasteiger charge is -2.25. The number of hydrogen-bond donors (Lipinski definition) is 1. The second kappa shape index (κ2) is 11.4. The molecule has 3 aromatic rings. The van der Waals surface area contributed by atoms with E-state index in [-0.39, 0.29) is 23.7 Å². The highest BCUT2D eigenvalue weighted by atomic mass is 32.2. The van der Waals surface area contributed by atoms with Gasteiger partial charge in [0.25, 0.3) is 10.0 Å². The maximum atomic E-state index is 13.4. The first kappa shape index (κ1) is 24.9. The summed E-state index contributed by atoms with van der Waals surface area (Å²) in [5.74, 6) is 1.06. The Morgan fingerprint density at radius 1 is 0.882 bits per heavy atom. The van der Waals surface area contributed by atoms with Crippen molar-refractivity contribution in [2.45, 2.75) is 11.8 Å². The number of carbonyl (C=O) groups is 1. The molecule has 0 saturated heterocycles. The van der Waals surface area contributed by atoms with Gasteiger partial charge in [-0.1, -0.05) is 36.4 Å². The van der Waals surface area contributed by atoms with Crippen molar-refractivity contribution in [1.82, 2.24) is 5.32 Å². The third kappa shape index (κ3) is 5.99. The Morgan fingerprint density at radius 3 is 2.24 bits per heavy atom. The SMILES string of the molecule is COc1ccc(N(CC(=O)NCCOc2ccccc2C)S(=O)(=O)c2ccccc2)cc1OC. The minimum absolute atomic E-state index is 0.0699. The van der Waals surface area contributed by atoms with E-state index in [9.17, 15) is 13.2 Å². The number of rotatable bonds is 11. The van der Waals surface area contributed by atoms with Crippen molar-refractivity contribution >= 4 is 21.6 Å². The van der Waals surface area contributed by atoms with Gasteiger partial charge in [0.15, 0.2) is 11.5 Å². The number of amides is 1. The summed E-state index contributed by atoms with van der Waals surface area (Å²) in [6.07, 6.45) is 0. The van der Waals surface area contributed by atoms with E-state index in [0.29, 0.717) is 11.5 Å². The highest BCUT2D eigenvalue weighted by molar-refractivity contribution is 7.92. The highest BCUT2D eigenvalue weighted by Gasteiger charge is 2.28. The van der Waals surface area contributed by atoms with Crippen LogP contribution in [-0.2, 0) is 14.8 Å². The molecule has 0 saturated carbocycles. The number of sulfonamides is 1. The Balaban J connectivity index is 1.77. The number of nitrogens with zero attached hydrogens (tertiary/aromatic N) is 1. The average molecular weight is 485 g/mol. The Kier molecular flexibility index (Phi) is 8.37. The first-order valence-corrected chi connectivity index (χ1v) is 12.1. The molecule has 0 atom stereocenters. The monoisotopic (exact) mass is 484 g/mol. The lowest BCUT2D eigenvalue weighted by Crippen LogP contribution is -2.42. The number of methoxy groups -OCH3 is 2. The van der Waals surface area contributed by atoms with Gasteiger partial charge in [-0.15, -0.1) is 0 Å². The summed E-state index contributed by atoms with van der Waals surface area (Å²) in [7, 11) is -1.08. The van der Waals surface area contributed by atoms with Crippen molar-refractivity contribution in [1.29, 1.82) is 0 Å². The van der Waals surface area contributed by atoms with Crippen LogP contribution in [0.2, 0.25) is 0 Å². The second-order valence-electron chi connectivity index (χ2n) is 7.33. The first-order chi connectivity index (χ1) is 16.4. The molecule has 0 spiro atoms. The van der Waals surface area contributed by atoms with Crippen LogP contribution in [0.5, 0.6) is 17.2 Å². The summed E-state index contributed by atoms with van der Waals surface area (Å²) in [5.41, 5.74) is 1.26. The number of nitrogens with one attached hydrogen (secondary N) is 1. The zero-order valence-corrected chi connectivity index (χ0v) is 20.2. The van der Waals surface area contributed by atoms with Crippen LogP contribution in [0.4, 0.5) is 5.69 Å². The maximum Gasteiger partial charge on any atom is 0.264 e. The molecule has 0 aromatic heterocycles. The van der Waals surface area contributed by atoms with Crippen molar-refractivity contribution in [2.24, 2.45) is 0 Å². The van der Waals surface area contributed by atoms with Gasteiger partial charge in [0.2, 0.25) is 5.91 Å². The van der Waals surface area contributed by atoms with Crippen LogP contribution in [0, 0.1) is 6.92 Å². The van der Waals surface area contributed by atoms with E-state index >= 15 is 0 Å². The van der Waals surface area contributed by atoms with Crippen LogP contribution >= 0.6 is 0 Å². The fourth-order valence-electron chi connectivity index (χ4n) is 3.27. The molecule has 9 heteroatoms. The van der Waals surface area contributed by atoms with Gasteiger partial charge in [-0.2, -0.15) is 0 Å². The molecule has 0 bridgehead atoms. The molecule has 1 N–H and O–H groups in total. The van der Waals surface area contributed by atoms with E-state index in [4.69, 9.17) is 14.2 Å². The summed E-state index contributed by atoms with van der Waals surface area (Å²) < 4.78 is 44.1. The van der Waals surface area contributed by atoms with E-state index in [1.165, 1.54) is 32.4 Å². The van der Waals surface area contributed by atoms with Crippen LogP contribution in [0.15, 0.2) is 77.7 Å². The smallest absolute Gasteiger partial charge is 0.264 e. The van der Waals surface area contributed by atoms with Gasteiger partial charge in [0.1, 0.15) is 18.9 Å². The Morgan fingerprint density at radius 2 is 1.56 bits per heavy atom. The zero-order valence-electron chi connectivity index (χ0n) is 19.4. The molecule has 0 unspecified atom stereocenters. The molecule has 180 valence electrons. The number of para-hydroxylation sites is 1. The fourth-order valence-corrected chi connectivity index (χ4v) is 4.70. The molecule has 3 rings (SSSR count). The molecule has 0 heterocycles. The molecular weight excluding hydrogens is 456 g/mol. The standard InChI is InChI=1S/C25H28N2O6S/c1-19-9-7-8-12-22(19)33-16-15-26-25(28)18-27(34(29,30)21-10-5-4-6-11-21)20-13-14-23(31-2)24(17-20)32-3/h4-14,17H,15-16,18H2,1-3H3,(H,26,28). The van der Waals surface area contributed by atoms with Gasteiger partial charge < -0.3 is 19.5 Å². The third-order valence-corrected chi connectivity index (χ3v) is 6.84. The van der Waals surface area contributed by atoms with Crippen molar-refractivity contribution in [2.75, 3.05) is 38.2 Å². The number of anilines is 1. The Bertz CT molecular complexity index is 1220. The minimum Gasteiger partial charge on any atom is -0.493 e. The summed E-state index contributed by atoms with van der Waals surface area (Å²) in [4.78, 5) is 12.8. The number of hydrogen-bond acceptors (Lipinski definition) is 6. The first-order valence-electron chi connectivity index (χ1n) is 10.6. The number of aryl methyl sites for hydroxylation is 1. The van der Waals surface area contributed by atoms with E-state index in [1.807, 2.05) is 31.2 Å². The fraction of sp³-hybridized carbons (Fsp3) is 0.240. The Labute approximate surface area is 200 Å². The second-order valence-corrected chi connectivity index (χ2v) is 9.19.